The van der Waals surface area contributed by atoms with Gasteiger partial charge in [0.05, 0.1) is 60.8 Å². The minimum absolute atomic E-state index is 0.0519. The number of benzene rings is 1. The summed E-state index contributed by atoms with van der Waals surface area (Å²) in [5.41, 5.74) is -1.19. The molecule has 0 unspecified atom stereocenters. The van der Waals surface area contributed by atoms with E-state index in [4.69, 9.17) is 13.6 Å². The maximum atomic E-state index is 15.5. The third-order valence-electron chi connectivity index (χ3n) is 7.04. The number of aromatic nitrogens is 5. The number of nitrogens with one attached hydrogen (secondary N) is 1. The molecule has 1 atom stereocenters. The zero-order chi connectivity index (χ0) is 30.1. The van der Waals surface area contributed by atoms with E-state index in [0.717, 1.165) is 21.3 Å². The van der Waals surface area contributed by atoms with E-state index in [-0.39, 0.29) is 40.5 Å². The van der Waals surface area contributed by atoms with E-state index in [1.807, 2.05) is 0 Å². The summed E-state index contributed by atoms with van der Waals surface area (Å²) in [4.78, 5) is 9.53. The predicted octanol–water partition coefficient (Wildman–Crippen LogP) is 3.74. The molecule has 2 aliphatic heterocycles. The zero-order valence-corrected chi connectivity index (χ0v) is 20.3. The molecule has 15 heteroatoms. The van der Waals surface area contributed by atoms with E-state index in [1.165, 1.54) is 13.0 Å². The van der Waals surface area contributed by atoms with Crippen molar-refractivity contribution >= 4 is 22.5 Å². The normalized spacial score (nSPS) is 21.3. The minimum Gasteiger partial charge on any atom is -0.479 e. The maximum Gasteiger partial charge on any atom is 0.281 e. The van der Waals surface area contributed by atoms with Gasteiger partial charge in [-0.2, -0.15) is 4.98 Å². The topological polar surface area (TPSA) is 81.7 Å². The van der Waals surface area contributed by atoms with Crippen molar-refractivity contribution in [2.45, 2.75) is 37.9 Å². The van der Waals surface area contributed by atoms with Crippen LogP contribution in [0.3, 0.4) is 0 Å². The third-order valence-corrected chi connectivity index (χ3v) is 7.04. The molecule has 1 aromatic carbocycles. The first-order valence-electron chi connectivity index (χ1n) is 13.4. The first kappa shape index (κ1) is 22.2. The highest BCUT2D eigenvalue weighted by Gasteiger charge is 2.51. The second-order valence-electron chi connectivity index (χ2n) is 9.55. The molecule has 5 heterocycles. The van der Waals surface area contributed by atoms with Crippen molar-refractivity contribution < 1.29 is 39.9 Å². The number of fused-ring (bicyclic) bond motifs is 2. The smallest absolute Gasteiger partial charge is 0.281 e. The highest BCUT2D eigenvalue weighted by atomic mass is 19.3. The predicted molar refractivity (Wildman–Crippen MR) is 127 cm³/mol. The Morgan fingerprint density at radius 2 is 2.03 bits per heavy atom. The van der Waals surface area contributed by atoms with Gasteiger partial charge in [-0.3, -0.25) is 4.90 Å². The summed E-state index contributed by atoms with van der Waals surface area (Å²) in [7, 11) is -3.11. The number of ether oxygens (including phenoxy) is 2. The summed E-state index contributed by atoms with van der Waals surface area (Å²) in [6.45, 7) is 0.621. The monoisotopic (exact) mass is 558 g/mol. The lowest BCUT2D eigenvalue weighted by atomic mass is 10.1. The van der Waals surface area contributed by atoms with Crippen LogP contribution in [0.2, 0.25) is 0 Å². The minimum atomic E-state index is -3.21. The highest BCUT2D eigenvalue weighted by Crippen LogP contribution is 2.37. The molecular weight excluding hydrogens is 532 g/mol. The Balaban J connectivity index is 1.45. The number of rotatable bonds is 7. The van der Waals surface area contributed by atoms with Gasteiger partial charge < -0.3 is 19.4 Å². The van der Waals surface area contributed by atoms with Crippen LogP contribution in [0.25, 0.3) is 27.7 Å². The fraction of sp³-hybridized carbons (Fsp3) is 0.458. The van der Waals surface area contributed by atoms with E-state index in [1.54, 1.807) is 4.90 Å². The van der Waals surface area contributed by atoms with Crippen molar-refractivity contribution in [2.24, 2.45) is 0 Å². The van der Waals surface area contributed by atoms with Crippen molar-refractivity contribution in [1.29, 1.82) is 0 Å². The van der Waals surface area contributed by atoms with Crippen LogP contribution in [0.1, 0.15) is 9.94 Å². The van der Waals surface area contributed by atoms with Crippen LogP contribution in [0.15, 0.2) is 18.3 Å². The summed E-state index contributed by atoms with van der Waals surface area (Å²) in [5, 5.41) is 6.56. The Morgan fingerprint density at radius 3 is 2.72 bits per heavy atom. The molecule has 208 valence electrons. The first-order valence-corrected chi connectivity index (χ1v) is 11.9. The number of halogens is 6. The molecule has 0 bridgehead atoms. The molecule has 0 amide bonds. The Morgan fingerprint density at radius 1 is 1.23 bits per heavy atom. The average Bonchev–Trinajstić information content (AvgIpc) is 3.42. The van der Waals surface area contributed by atoms with Crippen LogP contribution in [-0.4, -0.2) is 86.8 Å². The molecule has 2 saturated heterocycles. The van der Waals surface area contributed by atoms with E-state index in [9.17, 15) is 17.6 Å². The van der Waals surface area contributed by atoms with Crippen LogP contribution in [-0.2, 0) is 11.3 Å². The van der Waals surface area contributed by atoms with E-state index < -0.39 is 67.5 Å². The second-order valence-corrected chi connectivity index (χ2v) is 9.55. The number of hydrogen-bond donors (Lipinski definition) is 1. The van der Waals surface area contributed by atoms with Gasteiger partial charge in [0, 0.05) is 6.54 Å². The molecule has 9 nitrogen and oxygen atoms in total. The molecule has 0 spiro atoms. The lowest BCUT2D eigenvalue weighted by Gasteiger charge is -2.34. The number of alkyl halides is 4. The lowest BCUT2D eigenvalue weighted by molar-refractivity contribution is -0.0711. The summed E-state index contributed by atoms with van der Waals surface area (Å²) >= 11 is 0. The molecular formula is C24H23F6N7O2. The molecule has 0 radical (unpaired) electrons. The molecule has 3 aromatic heterocycles. The lowest BCUT2D eigenvalue weighted by Crippen LogP contribution is -2.48. The number of nitrogens with zero attached hydrogens (tertiary/aromatic N) is 6. The van der Waals surface area contributed by atoms with Gasteiger partial charge in [0.1, 0.15) is 22.9 Å². The van der Waals surface area contributed by atoms with Gasteiger partial charge in [-0.1, -0.05) is 0 Å². The van der Waals surface area contributed by atoms with Gasteiger partial charge in [0.25, 0.3) is 12.3 Å². The number of hydrogen-bond acceptors (Lipinski definition) is 7. The zero-order valence-electron chi connectivity index (χ0n) is 23.3. The number of aryl methyl sites for hydroxylation is 1. The fourth-order valence-corrected chi connectivity index (χ4v) is 5.07. The first-order chi connectivity index (χ1) is 19.7. The Hall–Kier alpha value is -3.59. The second kappa shape index (κ2) is 9.26. The SMILES string of the molecule is [2H]C([2H])([2H])Oc1nc(N[C@@H]2CN(C3COC3)CC2(F)F)nn2cc(F)c(-c3cc(F)c4nc(C)n(CC(F)F)c4c3)c12. The van der Waals surface area contributed by atoms with Crippen LogP contribution in [0, 0.1) is 18.6 Å². The Kier molecular flexibility index (Phi) is 5.28. The maximum absolute atomic E-state index is 15.5. The van der Waals surface area contributed by atoms with Crippen molar-refractivity contribution in [2.75, 3.05) is 38.7 Å². The van der Waals surface area contributed by atoms with Gasteiger partial charge in [0.2, 0.25) is 11.8 Å². The van der Waals surface area contributed by atoms with Crippen LogP contribution < -0.4 is 10.1 Å². The molecule has 39 heavy (non-hydrogen) atoms. The Bertz CT molecular complexity index is 1670. The molecule has 2 fully saturated rings. The van der Waals surface area contributed by atoms with Crippen molar-refractivity contribution in [3.05, 3.63) is 35.8 Å². The highest BCUT2D eigenvalue weighted by molar-refractivity contribution is 5.90. The van der Waals surface area contributed by atoms with Crippen molar-refractivity contribution in [1.82, 2.24) is 29.0 Å². The van der Waals surface area contributed by atoms with E-state index >= 15 is 8.78 Å². The number of imidazole rings is 1. The number of likely N-dealkylation sites (tertiary alicyclic amines) is 1. The summed E-state index contributed by atoms with van der Waals surface area (Å²) in [6.07, 6.45) is -1.97. The molecule has 0 aliphatic carbocycles. The van der Waals surface area contributed by atoms with Gasteiger partial charge in [-0.25, -0.2) is 35.8 Å². The van der Waals surface area contributed by atoms with Crippen molar-refractivity contribution in [3.8, 4) is 17.0 Å². The van der Waals surface area contributed by atoms with Gasteiger partial charge in [0.15, 0.2) is 11.6 Å². The molecule has 2 aliphatic rings. The van der Waals surface area contributed by atoms with Crippen LogP contribution in [0.4, 0.5) is 32.3 Å². The largest absolute Gasteiger partial charge is 0.479 e. The van der Waals surface area contributed by atoms with Crippen LogP contribution >= 0.6 is 0 Å². The third kappa shape index (κ3) is 4.33. The van der Waals surface area contributed by atoms with Gasteiger partial charge in [-0.15, -0.1) is 5.10 Å². The molecule has 1 N–H and O–H groups in total. The summed E-state index contributed by atoms with van der Waals surface area (Å²) in [5.74, 6) is -6.24. The quantitative estimate of drug-likeness (QED) is 0.346. The van der Waals surface area contributed by atoms with Crippen LogP contribution in [0.5, 0.6) is 5.88 Å². The molecule has 6 rings (SSSR count). The van der Waals surface area contributed by atoms with Gasteiger partial charge >= 0.3 is 0 Å². The standard InChI is InChI=1S/C24H23F6N7O2/c1-11-31-20-14(25)3-12(4-16(20)36(11)7-18(27)28)19-15(26)5-37-21(19)22(38-2)33-23(34-37)32-17-6-35(10-24(17,29)30)13-8-39-9-13/h3-5,13,17-18H,6-10H2,1-2H3,(H,32,34)/t17-/m1/s1/i2D3. The van der Waals surface area contributed by atoms with E-state index in [0.29, 0.717) is 13.2 Å². The number of methoxy groups -OCH3 is 1. The van der Waals surface area contributed by atoms with Gasteiger partial charge in [-0.05, 0) is 24.6 Å². The summed E-state index contributed by atoms with van der Waals surface area (Å²) in [6, 6.07) is 0.497. The molecule has 4 aromatic rings. The Labute approximate surface area is 221 Å². The fourth-order valence-electron chi connectivity index (χ4n) is 5.07. The van der Waals surface area contributed by atoms with Crippen molar-refractivity contribution in [3.63, 3.8) is 0 Å². The number of anilines is 1. The average molecular weight is 559 g/mol. The van der Waals surface area contributed by atoms with E-state index in [2.05, 4.69) is 20.4 Å². The molecule has 0 saturated carbocycles. The summed E-state index contributed by atoms with van der Waals surface area (Å²) < 4.78 is 121.